The second kappa shape index (κ2) is 7.06. The van der Waals surface area contributed by atoms with Crippen LogP contribution in [0.2, 0.25) is 0 Å². The number of anilines is 2. The van der Waals surface area contributed by atoms with E-state index in [0.717, 1.165) is 10.5 Å². The van der Waals surface area contributed by atoms with Crippen molar-refractivity contribution in [1.29, 1.82) is 0 Å². The maximum Gasteiger partial charge on any atom is 0.411 e. The first kappa shape index (κ1) is 16.2. The van der Waals surface area contributed by atoms with E-state index in [0.29, 0.717) is 23.1 Å². The lowest BCUT2D eigenvalue weighted by Crippen LogP contribution is -2.30. The summed E-state index contributed by atoms with van der Waals surface area (Å²) in [4.78, 5) is 14.0. The van der Waals surface area contributed by atoms with Crippen molar-refractivity contribution in [3.63, 3.8) is 0 Å². The second-order valence-corrected chi connectivity index (χ2v) is 4.80. The summed E-state index contributed by atoms with van der Waals surface area (Å²) in [7, 11) is 6.70. The van der Waals surface area contributed by atoms with Crippen molar-refractivity contribution in [1.82, 2.24) is 4.90 Å². The van der Waals surface area contributed by atoms with Crippen LogP contribution < -0.4 is 10.2 Å². The number of hydrogen-bond acceptors (Lipinski definition) is 3. The molecule has 6 nitrogen and oxygen atoms in total. The Bertz CT molecular complexity index is 506. The summed E-state index contributed by atoms with van der Waals surface area (Å²) in [5.74, 6) is 0. The van der Waals surface area contributed by atoms with Gasteiger partial charge >= 0.3 is 6.09 Å². The number of thiocarbonyl (C=S) groups is 1. The van der Waals surface area contributed by atoms with E-state index in [2.05, 4.69) is 5.32 Å². The molecule has 0 radical (unpaired) electrons. The lowest BCUT2D eigenvalue weighted by Gasteiger charge is -2.23. The van der Waals surface area contributed by atoms with Crippen LogP contribution in [0.15, 0.2) is 18.2 Å². The summed E-state index contributed by atoms with van der Waals surface area (Å²) < 4.78 is 5.14. The standard InChI is InChI=1S/C13H19N3O3S/c1-15(2)12(20)14-11-9(8-19-4)6-5-7-10(11)16(3)13(17)18/h5-7H,8H2,1-4H3,(H,14,20)(H,17,18). The lowest BCUT2D eigenvalue weighted by atomic mass is 10.1. The van der Waals surface area contributed by atoms with Gasteiger partial charge in [0.2, 0.25) is 0 Å². The van der Waals surface area contributed by atoms with Crippen LogP contribution in [-0.4, -0.2) is 49.5 Å². The van der Waals surface area contributed by atoms with Gasteiger partial charge in [-0.15, -0.1) is 0 Å². The van der Waals surface area contributed by atoms with Crippen LogP contribution >= 0.6 is 12.2 Å². The minimum absolute atomic E-state index is 0.361. The Balaban J connectivity index is 3.25. The molecule has 1 amide bonds. The van der Waals surface area contributed by atoms with Crippen LogP contribution in [0.3, 0.4) is 0 Å². The SMILES string of the molecule is COCc1cccc(N(C)C(=O)O)c1NC(=S)N(C)C. The molecule has 0 atom stereocenters. The van der Waals surface area contributed by atoms with Gasteiger partial charge in [0.15, 0.2) is 5.11 Å². The van der Waals surface area contributed by atoms with Crippen molar-refractivity contribution < 1.29 is 14.6 Å². The van der Waals surface area contributed by atoms with E-state index >= 15 is 0 Å². The van der Waals surface area contributed by atoms with Gasteiger partial charge in [0.05, 0.1) is 18.0 Å². The first-order chi connectivity index (χ1) is 9.38. The Kier molecular flexibility index (Phi) is 5.72. The summed E-state index contributed by atoms with van der Waals surface area (Å²) in [5, 5.41) is 12.7. The largest absolute Gasteiger partial charge is 0.465 e. The Morgan fingerprint density at radius 3 is 2.55 bits per heavy atom. The third-order valence-electron chi connectivity index (χ3n) is 2.71. The van der Waals surface area contributed by atoms with Gasteiger partial charge in [-0.1, -0.05) is 12.1 Å². The van der Waals surface area contributed by atoms with E-state index < -0.39 is 6.09 Å². The number of ether oxygens (including phenoxy) is 1. The van der Waals surface area contributed by atoms with Crippen LogP contribution in [0, 0.1) is 0 Å². The van der Waals surface area contributed by atoms with Gasteiger partial charge in [0.1, 0.15) is 0 Å². The maximum absolute atomic E-state index is 11.2. The molecule has 0 bridgehead atoms. The van der Waals surface area contributed by atoms with Crippen LogP contribution in [0.25, 0.3) is 0 Å². The number of nitrogens with one attached hydrogen (secondary N) is 1. The van der Waals surface area contributed by atoms with Crippen molar-refractivity contribution in [2.24, 2.45) is 0 Å². The number of nitrogens with zero attached hydrogens (tertiary/aromatic N) is 2. The van der Waals surface area contributed by atoms with Gasteiger partial charge in [-0.3, -0.25) is 4.90 Å². The first-order valence-electron chi connectivity index (χ1n) is 5.94. The monoisotopic (exact) mass is 297 g/mol. The molecule has 1 aromatic rings. The van der Waals surface area contributed by atoms with E-state index in [1.807, 2.05) is 20.2 Å². The molecule has 2 N–H and O–H groups in total. The summed E-state index contributed by atoms with van der Waals surface area (Å²) in [6.07, 6.45) is -1.04. The van der Waals surface area contributed by atoms with Crippen molar-refractivity contribution >= 4 is 34.8 Å². The molecule has 1 aromatic carbocycles. The van der Waals surface area contributed by atoms with E-state index in [-0.39, 0.29) is 0 Å². The molecular weight excluding hydrogens is 278 g/mol. The molecule has 0 spiro atoms. The van der Waals surface area contributed by atoms with E-state index in [1.165, 1.54) is 7.05 Å². The van der Waals surface area contributed by atoms with Crippen molar-refractivity contribution in [2.75, 3.05) is 38.5 Å². The Morgan fingerprint density at radius 2 is 2.05 bits per heavy atom. The van der Waals surface area contributed by atoms with Gasteiger partial charge in [-0.05, 0) is 18.3 Å². The van der Waals surface area contributed by atoms with E-state index in [9.17, 15) is 4.79 Å². The highest BCUT2D eigenvalue weighted by Gasteiger charge is 2.17. The lowest BCUT2D eigenvalue weighted by molar-refractivity contribution is 0.185. The van der Waals surface area contributed by atoms with Crippen molar-refractivity contribution in [3.8, 4) is 0 Å². The number of rotatable bonds is 4. The summed E-state index contributed by atoms with van der Waals surface area (Å²) >= 11 is 5.22. The fourth-order valence-corrected chi connectivity index (χ4v) is 1.71. The summed E-state index contributed by atoms with van der Waals surface area (Å²) in [5.41, 5.74) is 2.00. The highest BCUT2D eigenvalue weighted by Crippen LogP contribution is 2.30. The molecule has 0 aliphatic rings. The highest BCUT2D eigenvalue weighted by atomic mass is 32.1. The zero-order chi connectivity index (χ0) is 15.3. The average Bonchev–Trinajstić information content (AvgIpc) is 2.39. The smallest absolute Gasteiger partial charge is 0.411 e. The molecule has 0 saturated heterocycles. The van der Waals surface area contributed by atoms with Crippen molar-refractivity contribution in [2.45, 2.75) is 6.61 Å². The minimum atomic E-state index is -1.04. The number of hydrogen-bond donors (Lipinski definition) is 2. The second-order valence-electron chi connectivity index (χ2n) is 4.41. The molecule has 0 aliphatic heterocycles. The fraction of sp³-hybridized carbons (Fsp3) is 0.385. The Hall–Kier alpha value is -1.86. The van der Waals surface area contributed by atoms with Gasteiger partial charge in [0.25, 0.3) is 0 Å². The van der Waals surface area contributed by atoms with Gasteiger partial charge in [-0.25, -0.2) is 4.79 Å². The Morgan fingerprint density at radius 1 is 1.40 bits per heavy atom. The van der Waals surface area contributed by atoms with E-state index in [1.54, 1.807) is 24.1 Å². The molecule has 0 unspecified atom stereocenters. The molecule has 0 saturated carbocycles. The zero-order valence-electron chi connectivity index (χ0n) is 12.0. The quantitative estimate of drug-likeness (QED) is 0.831. The average molecular weight is 297 g/mol. The number of carbonyl (C=O) groups is 1. The highest BCUT2D eigenvalue weighted by molar-refractivity contribution is 7.80. The molecule has 7 heteroatoms. The van der Waals surface area contributed by atoms with Gasteiger partial charge < -0.3 is 20.1 Å². The molecule has 20 heavy (non-hydrogen) atoms. The number of benzene rings is 1. The number of amides is 1. The van der Waals surface area contributed by atoms with Gasteiger partial charge in [0, 0.05) is 33.8 Å². The predicted octanol–water partition coefficient (Wildman–Crippen LogP) is 2.21. The molecule has 0 fully saturated rings. The number of para-hydroxylation sites is 1. The number of carboxylic acid groups (broad SMARTS) is 1. The minimum Gasteiger partial charge on any atom is -0.465 e. The molecule has 110 valence electrons. The molecular formula is C13H19N3O3S. The normalized spacial score (nSPS) is 10.0. The van der Waals surface area contributed by atoms with Gasteiger partial charge in [-0.2, -0.15) is 0 Å². The van der Waals surface area contributed by atoms with E-state index in [4.69, 9.17) is 22.1 Å². The third kappa shape index (κ3) is 3.82. The summed E-state index contributed by atoms with van der Waals surface area (Å²) in [6, 6.07) is 5.37. The molecule has 0 heterocycles. The van der Waals surface area contributed by atoms with Crippen LogP contribution in [0.1, 0.15) is 5.56 Å². The molecule has 0 aromatic heterocycles. The third-order valence-corrected chi connectivity index (χ3v) is 3.18. The summed E-state index contributed by atoms with van der Waals surface area (Å²) in [6.45, 7) is 0.361. The zero-order valence-corrected chi connectivity index (χ0v) is 12.8. The predicted molar refractivity (Wildman–Crippen MR) is 83.5 cm³/mol. The number of methoxy groups -OCH3 is 1. The molecule has 1 rings (SSSR count). The van der Waals surface area contributed by atoms with Crippen molar-refractivity contribution in [3.05, 3.63) is 23.8 Å². The topological polar surface area (TPSA) is 65.0 Å². The molecule has 0 aliphatic carbocycles. The van der Waals surface area contributed by atoms with Crippen LogP contribution in [0.4, 0.5) is 16.2 Å². The van der Waals surface area contributed by atoms with Crippen LogP contribution in [0.5, 0.6) is 0 Å². The Labute approximate surface area is 123 Å². The fourth-order valence-electron chi connectivity index (χ4n) is 1.61. The first-order valence-corrected chi connectivity index (χ1v) is 6.35. The maximum atomic E-state index is 11.2. The van der Waals surface area contributed by atoms with Crippen LogP contribution in [-0.2, 0) is 11.3 Å².